The Labute approximate surface area is 122 Å². The SMILES string of the molecule is CCOC1CCN(c2cc(Br)ccc2C(=N)N)CC1. The van der Waals surface area contributed by atoms with Gasteiger partial charge in [0.2, 0.25) is 0 Å². The van der Waals surface area contributed by atoms with Gasteiger partial charge in [-0.05, 0) is 38.0 Å². The van der Waals surface area contributed by atoms with Crippen LogP contribution in [0, 0.1) is 5.41 Å². The molecule has 1 fully saturated rings. The molecule has 104 valence electrons. The topological polar surface area (TPSA) is 62.3 Å². The van der Waals surface area contributed by atoms with Crippen LogP contribution in [-0.4, -0.2) is 31.6 Å². The highest BCUT2D eigenvalue weighted by Gasteiger charge is 2.21. The predicted octanol–water partition coefficient (Wildman–Crippen LogP) is 2.74. The average molecular weight is 326 g/mol. The number of rotatable bonds is 4. The van der Waals surface area contributed by atoms with Gasteiger partial charge in [0, 0.05) is 35.4 Å². The number of hydrogen-bond donors (Lipinski definition) is 2. The summed E-state index contributed by atoms with van der Waals surface area (Å²) in [6.07, 6.45) is 2.42. The molecule has 1 aromatic carbocycles. The molecule has 1 aromatic rings. The molecule has 3 N–H and O–H groups in total. The molecule has 0 aliphatic carbocycles. The minimum atomic E-state index is 0.120. The third-order valence-corrected chi connectivity index (χ3v) is 3.93. The maximum absolute atomic E-state index is 7.68. The summed E-state index contributed by atoms with van der Waals surface area (Å²) in [7, 11) is 0. The predicted molar refractivity (Wildman–Crippen MR) is 82.0 cm³/mol. The lowest BCUT2D eigenvalue weighted by Crippen LogP contribution is -2.38. The van der Waals surface area contributed by atoms with Crippen LogP contribution in [0.5, 0.6) is 0 Å². The Balaban J connectivity index is 2.14. The molecule has 0 aromatic heterocycles. The van der Waals surface area contributed by atoms with Crippen LogP contribution in [0.1, 0.15) is 25.3 Å². The Hall–Kier alpha value is -1.07. The molecule has 4 nitrogen and oxygen atoms in total. The van der Waals surface area contributed by atoms with Gasteiger partial charge < -0.3 is 15.4 Å². The molecular formula is C14H20BrN3O. The van der Waals surface area contributed by atoms with E-state index in [0.29, 0.717) is 6.10 Å². The Morgan fingerprint density at radius 2 is 2.16 bits per heavy atom. The number of halogens is 1. The van der Waals surface area contributed by atoms with E-state index in [0.717, 1.165) is 48.3 Å². The molecule has 1 saturated heterocycles. The normalized spacial score (nSPS) is 16.6. The first-order valence-electron chi connectivity index (χ1n) is 6.62. The molecule has 0 unspecified atom stereocenters. The molecule has 5 heteroatoms. The van der Waals surface area contributed by atoms with Crippen molar-refractivity contribution in [3.8, 4) is 0 Å². The Morgan fingerprint density at radius 3 is 2.74 bits per heavy atom. The van der Waals surface area contributed by atoms with Gasteiger partial charge in [-0.2, -0.15) is 0 Å². The first-order chi connectivity index (χ1) is 9.11. The number of nitrogens with one attached hydrogen (secondary N) is 1. The zero-order chi connectivity index (χ0) is 13.8. The standard InChI is InChI=1S/C14H20BrN3O/c1-2-19-11-5-7-18(8-6-11)13-9-10(15)3-4-12(13)14(16)17/h3-4,9,11H,2,5-8H2,1H3,(H3,16,17). The van der Waals surface area contributed by atoms with Crippen molar-refractivity contribution in [1.29, 1.82) is 5.41 Å². The zero-order valence-corrected chi connectivity index (χ0v) is 12.7. The van der Waals surface area contributed by atoms with Crippen molar-refractivity contribution in [2.75, 3.05) is 24.6 Å². The summed E-state index contributed by atoms with van der Waals surface area (Å²) in [6.45, 7) is 4.71. The second kappa shape index (κ2) is 6.39. The van der Waals surface area contributed by atoms with Crippen LogP contribution in [0.2, 0.25) is 0 Å². The van der Waals surface area contributed by atoms with E-state index in [-0.39, 0.29) is 5.84 Å². The Bertz CT molecular complexity index is 456. The number of ether oxygens (including phenoxy) is 1. The molecular weight excluding hydrogens is 306 g/mol. The number of benzene rings is 1. The second-order valence-corrected chi connectivity index (χ2v) is 5.63. The van der Waals surface area contributed by atoms with Crippen LogP contribution in [0.15, 0.2) is 22.7 Å². The van der Waals surface area contributed by atoms with Crippen molar-refractivity contribution in [3.05, 3.63) is 28.2 Å². The highest BCUT2D eigenvalue weighted by molar-refractivity contribution is 9.10. The minimum absolute atomic E-state index is 0.120. The maximum atomic E-state index is 7.68. The number of piperidine rings is 1. The monoisotopic (exact) mass is 325 g/mol. The van der Waals surface area contributed by atoms with Crippen molar-refractivity contribution < 1.29 is 4.74 Å². The molecule has 1 heterocycles. The number of amidine groups is 1. The molecule has 0 amide bonds. The zero-order valence-electron chi connectivity index (χ0n) is 11.2. The fourth-order valence-electron chi connectivity index (χ4n) is 2.49. The highest BCUT2D eigenvalue weighted by Crippen LogP contribution is 2.28. The van der Waals surface area contributed by atoms with E-state index in [2.05, 4.69) is 20.8 Å². The summed E-state index contributed by atoms with van der Waals surface area (Å²) in [4.78, 5) is 2.29. The Kier molecular flexibility index (Phi) is 4.82. The summed E-state index contributed by atoms with van der Waals surface area (Å²) in [5.74, 6) is 0.120. The van der Waals surface area contributed by atoms with E-state index in [1.807, 2.05) is 25.1 Å². The van der Waals surface area contributed by atoms with Gasteiger partial charge in [0.1, 0.15) is 5.84 Å². The van der Waals surface area contributed by atoms with Gasteiger partial charge in [-0.25, -0.2) is 0 Å². The minimum Gasteiger partial charge on any atom is -0.384 e. The van der Waals surface area contributed by atoms with E-state index >= 15 is 0 Å². The lowest BCUT2D eigenvalue weighted by Gasteiger charge is -2.34. The smallest absolute Gasteiger partial charge is 0.124 e. The van der Waals surface area contributed by atoms with Gasteiger partial charge in [-0.1, -0.05) is 15.9 Å². The van der Waals surface area contributed by atoms with Crippen molar-refractivity contribution in [3.63, 3.8) is 0 Å². The van der Waals surface area contributed by atoms with Crippen LogP contribution in [-0.2, 0) is 4.74 Å². The summed E-state index contributed by atoms with van der Waals surface area (Å²) in [5, 5.41) is 7.68. The summed E-state index contributed by atoms with van der Waals surface area (Å²) in [5.41, 5.74) is 7.51. The first-order valence-corrected chi connectivity index (χ1v) is 7.41. The van der Waals surface area contributed by atoms with Crippen LogP contribution in [0.3, 0.4) is 0 Å². The molecule has 0 bridgehead atoms. The number of nitrogens with two attached hydrogens (primary N) is 1. The van der Waals surface area contributed by atoms with Crippen molar-refractivity contribution in [2.24, 2.45) is 5.73 Å². The number of nitrogens with zero attached hydrogens (tertiary/aromatic N) is 1. The first kappa shape index (κ1) is 14.3. The quantitative estimate of drug-likeness (QED) is 0.661. The molecule has 0 saturated carbocycles. The molecule has 1 aliphatic heterocycles. The van der Waals surface area contributed by atoms with Gasteiger partial charge in [0.25, 0.3) is 0 Å². The third-order valence-electron chi connectivity index (χ3n) is 3.43. The van der Waals surface area contributed by atoms with Crippen LogP contribution < -0.4 is 10.6 Å². The molecule has 19 heavy (non-hydrogen) atoms. The van der Waals surface area contributed by atoms with E-state index in [4.69, 9.17) is 15.9 Å². The highest BCUT2D eigenvalue weighted by atomic mass is 79.9. The van der Waals surface area contributed by atoms with Gasteiger partial charge in [-0.3, -0.25) is 5.41 Å². The summed E-state index contributed by atoms with van der Waals surface area (Å²) >= 11 is 3.49. The fourth-order valence-corrected chi connectivity index (χ4v) is 2.84. The lowest BCUT2D eigenvalue weighted by atomic mass is 10.0. The number of hydrogen-bond acceptors (Lipinski definition) is 3. The number of anilines is 1. The molecule has 0 radical (unpaired) electrons. The van der Waals surface area contributed by atoms with Gasteiger partial charge in [0.05, 0.1) is 6.10 Å². The van der Waals surface area contributed by atoms with Crippen LogP contribution >= 0.6 is 15.9 Å². The molecule has 0 atom stereocenters. The van der Waals surface area contributed by atoms with E-state index in [1.165, 1.54) is 0 Å². The van der Waals surface area contributed by atoms with Gasteiger partial charge in [0.15, 0.2) is 0 Å². The van der Waals surface area contributed by atoms with Crippen LogP contribution in [0.25, 0.3) is 0 Å². The number of nitrogen functional groups attached to an aromatic ring is 1. The average Bonchev–Trinajstić information content (AvgIpc) is 2.39. The van der Waals surface area contributed by atoms with Crippen molar-refractivity contribution >= 4 is 27.5 Å². The van der Waals surface area contributed by atoms with Gasteiger partial charge in [-0.15, -0.1) is 0 Å². The fraction of sp³-hybridized carbons (Fsp3) is 0.500. The molecule has 1 aliphatic rings. The van der Waals surface area contributed by atoms with Crippen molar-refractivity contribution in [2.45, 2.75) is 25.9 Å². The van der Waals surface area contributed by atoms with Crippen LogP contribution in [0.4, 0.5) is 5.69 Å². The summed E-state index contributed by atoms with van der Waals surface area (Å²) < 4.78 is 6.68. The van der Waals surface area contributed by atoms with E-state index in [1.54, 1.807) is 0 Å². The third kappa shape index (κ3) is 3.48. The van der Waals surface area contributed by atoms with Crippen molar-refractivity contribution in [1.82, 2.24) is 0 Å². The largest absolute Gasteiger partial charge is 0.384 e. The second-order valence-electron chi connectivity index (χ2n) is 4.72. The van der Waals surface area contributed by atoms with E-state index in [9.17, 15) is 0 Å². The Morgan fingerprint density at radius 1 is 1.47 bits per heavy atom. The lowest BCUT2D eigenvalue weighted by molar-refractivity contribution is 0.0459. The van der Waals surface area contributed by atoms with E-state index < -0.39 is 0 Å². The maximum Gasteiger partial charge on any atom is 0.124 e. The summed E-state index contributed by atoms with van der Waals surface area (Å²) in [6, 6.07) is 5.86. The molecule has 0 spiro atoms. The molecule has 2 rings (SSSR count). The van der Waals surface area contributed by atoms with Gasteiger partial charge >= 0.3 is 0 Å².